The molecule has 1 aliphatic rings. The predicted octanol–water partition coefficient (Wildman–Crippen LogP) is 2.40. The van der Waals surface area contributed by atoms with Gasteiger partial charge < -0.3 is 4.90 Å². The molecule has 166 valence electrons. The van der Waals surface area contributed by atoms with E-state index in [1.54, 1.807) is 4.57 Å². The SMILES string of the molecule is CCn1c(=O)c2sccc2n2c(CCC(=O)N3CCN(Cc4ccccc4)CC3)nnc12. The molecule has 4 heterocycles. The van der Waals surface area contributed by atoms with Gasteiger partial charge in [0.05, 0.1) is 5.52 Å². The van der Waals surface area contributed by atoms with Gasteiger partial charge >= 0.3 is 0 Å². The van der Waals surface area contributed by atoms with Gasteiger partial charge in [0, 0.05) is 52.1 Å². The molecule has 0 radical (unpaired) electrons. The van der Waals surface area contributed by atoms with Gasteiger partial charge in [0.25, 0.3) is 5.56 Å². The first-order valence-electron chi connectivity index (χ1n) is 11.0. The number of carbonyl (C=O) groups excluding carboxylic acids is 1. The van der Waals surface area contributed by atoms with Crippen molar-refractivity contribution in [2.75, 3.05) is 26.2 Å². The molecule has 4 aromatic rings. The van der Waals surface area contributed by atoms with Gasteiger partial charge in [0.1, 0.15) is 10.5 Å². The third kappa shape index (κ3) is 3.82. The highest BCUT2D eigenvalue weighted by Crippen LogP contribution is 2.20. The second-order valence-corrected chi connectivity index (χ2v) is 8.99. The van der Waals surface area contributed by atoms with Crippen molar-refractivity contribution in [3.63, 3.8) is 0 Å². The molecule has 0 saturated carbocycles. The average molecular weight is 451 g/mol. The number of nitrogens with zero attached hydrogens (tertiary/aromatic N) is 6. The minimum absolute atomic E-state index is 0.0339. The Labute approximate surface area is 189 Å². The van der Waals surface area contributed by atoms with E-state index in [4.69, 9.17) is 0 Å². The van der Waals surface area contributed by atoms with Gasteiger partial charge in [-0.05, 0) is 23.9 Å². The number of thiophene rings is 1. The molecule has 1 aliphatic heterocycles. The highest BCUT2D eigenvalue weighted by Gasteiger charge is 2.22. The van der Waals surface area contributed by atoms with Crippen LogP contribution in [0.2, 0.25) is 0 Å². The van der Waals surface area contributed by atoms with E-state index in [0.717, 1.165) is 44.1 Å². The van der Waals surface area contributed by atoms with E-state index < -0.39 is 0 Å². The van der Waals surface area contributed by atoms with Crippen LogP contribution in [-0.4, -0.2) is 61.1 Å². The van der Waals surface area contributed by atoms with Crippen LogP contribution in [0, 0.1) is 0 Å². The number of piperazine rings is 1. The molecule has 0 aliphatic carbocycles. The molecule has 0 atom stereocenters. The summed E-state index contributed by atoms with van der Waals surface area (Å²) in [5, 5.41) is 10.5. The van der Waals surface area contributed by atoms with E-state index in [1.165, 1.54) is 16.9 Å². The fourth-order valence-corrected chi connectivity index (χ4v) is 5.23. The number of carbonyl (C=O) groups is 1. The van der Waals surface area contributed by atoms with Gasteiger partial charge in [-0.3, -0.25) is 23.5 Å². The largest absolute Gasteiger partial charge is 0.340 e. The van der Waals surface area contributed by atoms with Crippen LogP contribution >= 0.6 is 11.3 Å². The first-order chi connectivity index (χ1) is 15.7. The number of rotatable bonds is 6. The van der Waals surface area contributed by atoms with E-state index in [-0.39, 0.29) is 11.5 Å². The predicted molar refractivity (Wildman–Crippen MR) is 125 cm³/mol. The van der Waals surface area contributed by atoms with Crippen molar-refractivity contribution in [3.8, 4) is 0 Å². The second-order valence-electron chi connectivity index (χ2n) is 8.08. The Morgan fingerprint density at radius 1 is 1.06 bits per heavy atom. The van der Waals surface area contributed by atoms with Gasteiger partial charge in [0.2, 0.25) is 11.7 Å². The molecule has 1 aromatic carbocycles. The van der Waals surface area contributed by atoms with Crippen LogP contribution in [0.5, 0.6) is 0 Å². The summed E-state index contributed by atoms with van der Waals surface area (Å²) in [4.78, 5) is 29.9. The highest BCUT2D eigenvalue weighted by molar-refractivity contribution is 7.17. The van der Waals surface area contributed by atoms with Crippen molar-refractivity contribution in [2.45, 2.75) is 32.9 Å². The lowest BCUT2D eigenvalue weighted by Gasteiger charge is -2.34. The van der Waals surface area contributed by atoms with Gasteiger partial charge in [-0.15, -0.1) is 21.5 Å². The molecule has 8 nitrogen and oxygen atoms in total. The molecule has 1 saturated heterocycles. The maximum Gasteiger partial charge on any atom is 0.272 e. The van der Waals surface area contributed by atoms with Crippen LogP contribution in [0.15, 0.2) is 46.6 Å². The van der Waals surface area contributed by atoms with Gasteiger partial charge in [-0.2, -0.15) is 0 Å². The third-order valence-corrected chi connectivity index (χ3v) is 7.02. The number of amides is 1. The lowest BCUT2D eigenvalue weighted by molar-refractivity contribution is -0.133. The maximum absolute atomic E-state index is 12.9. The highest BCUT2D eigenvalue weighted by atomic mass is 32.1. The number of hydrogen-bond acceptors (Lipinski definition) is 6. The van der Waals surface area contributed by atoms with E-state index in [0.29, 0.717) is 29.9 Å². The fraction of sp³-hybridized carbons (Fsp3) is 0.391. The first kappa shape index (κ1) is 20.8. The maximum atomic E-state index is 12.9. The Morgan fingerprint density at radius 3 is 2.59 bits per heavy atom. The van der Waals surface area contributed by atoms with Crippen molar-refractivity contribution in [3.05, 3.63) is 63.5 Å². The zero-order valence-corrected chi connectivity index (χ0v) is 18.9. The Hall–Kier alpha value is -3.04. The quantitative estimate of drug-likeness (QED) is 0.451. The van der Waals surface area contributed by atoms with Crippen molar-refractivity contribution < 1.29 is 4.79 Å². The number of hydrogen-bond donors (Lipinski definition) is 0. The Kier molecular flexibility index (Phi) is 5.75. The first-order valence-corrected chi connectivity index (χ1v) is 11.9. The van der Waals surface area contributed by atoms with Crippen molar-refractivity contribution in [1.82, 2.24) is 29.0 Å². The Balaban J connectivity index is 1.25. The molecule has 1 fully saturated rings. The van der Waals surface area contributed by atoms with Crippen LogP contribution < -0.4 is 5.56 Å². The molecule has 32 heavy (non-hydrogen) atoms. The summed E-state index contributed by atoms with van der Waals surface area (Å²) < 4.78 is 4.27. The summed E-state index contributed by atoms with van der Waals surface area (Å²) in [6.07, 6.45) is 0.882. The fourth-order valence-electron chi connectivity index (χ4n) is 4.40. The number of aryl methyl sites for hydroxylation is 2. The molecule has 0 bridgehead atoms. The average Bonchev–Trinajstić information content (AvgIpc) is 3.46. The van der Waals surface area contributed by atoms with Gasteiger partial charge in [-0.1, -0.05) is 30.3 Å². The molecule has 3 aromatic heterocycles. The summed E-state index contributed by atoms with van der Waals surface area (Å²) >= 11 is 1.43. The molecule has 5 rings (SSSR count). The standard InChI is InChI=1S/C23H26N6O2S/c1-2-28-22(31)21-18(10-15-32-21)29-19(24-25-23(28)29)8-9-20(30)27-13-11-26(12-14-27)16-17-6-4-3-5-7-17/h3-7,10,15H,2,8-9,11-14,16H2,1H3. The van der Waals surface area contributed by atoms with Crippen molar-refractivity contribution in [2.24, 2.45) is 0 Å². The summed E-state index contributed by atoms with van der Waals surface area (Å²) in [6.45, 7) is 6.63. The summed E-state index contributed by atoms with van der Waals surface area (Å²) in [7, 11) is 0. The van der Waals surface area contributed by atoms with Crippen LogP contribution in [-0.2, 0) is 24.3 Å². The molecular formula is C23H26N6O2S. The zero-order chi connectivity index (χ0) is 22.1. The van der Waals surface area contributed by atoms with Crippen LogP contribution in [0.3, 0.4) is 0 Å². The minimum Gasteiger partial charge on any atom is -0.340 e. The second kappa shape index (κ2) is 8.84. The lowest BCUT2D eigenvalue weighted by Crippen LogP contribution is -2.48. The van der Waals surface area contributed by atoms with Crippen LogP contribution in [0.1, 0.15) is 24.7 Å². The monoisotopic (exact) mass is 450 g/mol. The van der Waals surface area contributed by atoms with Crippen molar-refractivity contribution >= 4 is 33.2 Å². The minimum atomic E-state index is -0.0339. The molecular weight excluding hydrogens is 424 g/mol. The van der Waals surface area contributed by atoms with E-state index in [9.17, 15) is 9.59 Å². The van der Waals surface area contributed by atoms with E-state index in [2.05, 4.69) is 39.4 Å². The molecule has 9 heteroatoms. The normalized spacial score (nSPS) is 15.1. The van der Waals surface area contributed by atoms with E-state index in [1.807, 2.05) is 33.7 Å². The van der Waals surface area contributed by atoms with Gasteiger partial charge in [0.15, 0.2) is 0 Å². The van der Waals surface area contributed by atoms with Gasteiger partial charge in [-0.25, -0.2) is 0 Å². The number of fused-ring (bicyclic) bond motifs is 3. The molecule has 0 spiro atoms. The zero-order valence-electron chi connectivity index (χ0n) is 18.1. The number of aromatic nitrogens is 4. The summed E-state index contributed by atoms with van der Waals surface area (Å²) in [6, 6.07) is 12.4. The third-order valence-electron chi connectivity index (χ3n) is 6.13. The summed E-state index contributed by atoms with van der Waals surface area (Å²) in [5.74, 6) is 1.41. The molecule has 0 unspecified atom stereocenters. The molecule has 1 amide bonds. The van der Waals surface area contributed by atoms with Crippen LogP contribution in [0.25, 0.3) is 16.0 Å². The molecule has 0 N–H and O–H groups in total. The lowest BCUT2D eigenvalue weighted by atomic mass is 10.2. The summed E-state index contributed by atoms with van der Waals surface area (Å²) in [5.41, 5.74) is 2.09. The van der Waals surface area contributed by atoms with Crippen molar-refractivity contribution in [1.29, 1.82) is 0 Å². The van der Waals surface area contributed by atoms with Crippen LogP contribution in [0.4, 0.5) is 0 Å². The topological polar surface area (TPSA) is 75.7 Å². The smallest absolute Gasteiger partial charge is 0.272 e. The van der Waals surface area contributed by atoms with E-state index >= 15 is 0 Å². The Morgan fingerprint density at radius 2 is 1.84 bits per heavy atom. The number of benzene rings is 1. The Bertz CT molecular complexity index is 1300.